The Morgan fingerprint density at radius 3 is 2.02 bits per heavy atom. The molecular formula is C36H36N4O5S. The molecule has 10 heteroatoms. The van der Waals surface area contributed by atoms with E-state index < -0.39 is 5.92 Å². The predicted octanol–water partition coefficient (Wildman–Crippen LogP) is 6.46. The summed E-state index contributed by atoms with van der Waals surface area (Å²) in [6, 6.07) is 32.7. The first kappa shape index (κ1) is 32.2. The Labute approximate surface area is 272 Å². The van der Waals surface area contributed by atoms with Crippen LogP contribution in [-0.2, 0) is 16.0 Å². The second kappa shape index (κ2) is 15.7. The van der Waals surface area contributed by atoms with E-state index in [0.29, 0.717) is 34.6 Å². The predicted molar refractivity (Wildman–Crippen MR) is 180 cm³/mol. The average molecular weight is 637 g/mol. The van der Waals surface area contributed by atoms with Crippen LogP contribution in [0.2, 0.25) is 0 Å². The summed E-state index contributed by atoms with van der Waals surface area (Å²) in [6.45, 7) is 0.621. The highest BCUT2D eigenvalue weighted by Gasteiger charge is 2.28. The molecule has 0 aliphatic heterocycles. The molecule has 0 spiro atoms. The Hall–Kier alpha value is -5.22. The van der Waals surface area contributed by atoms with Gasteiger partial charge in [-0.3, -0.25) is 9.59 Å². The number of rotatable bonds is 14. The lowest BCUT2D eigenvalue weighted by atomic mass is 9.90. The number of amides is 2. The first-order valence-electron chi connectivity index (χ1n) is 14.9. The zero-order valence-electron chi connectivity index (χ0n) is 26.0. The van der Waals surface area contributed by atoms with E-state index in [2.05, 4.69) is 15.5 Å². The molecule has 0 bridgehead atoms. The first-order valence-corrected chi connectivity index (χ1v) is 15.7. The van der Waals surface area contributed by atoms with Gasteiger partial charge in [-0.25, -0.2) is 0 Å². The van der Waals surface area contributed by atoms with Gasteiger partial charge in [-0.2, -0.15) is 0 Å². The van der Waals surface area contributed by atoms with Crippen LogP contribution in [0.4, 0.5) is 5.13 Å². The number of nitrogens with one attached hydrogen (secondary N) is 1. The summed E-state index contributed by atoms with van der Waals surface area (Å²) in [7, 11) is 4.80. The number of hydrogen-bond acceptors (Lipinski definition) is 8. The standard InChI is InChI=1S/C36H36N4O5S/c1-43-29-17-15-28(16-18-29)34-38-39-36(46-34)37-32(41)21-23-40(22-20-25-14-19-30(44-2)31(24-25)45-3)35(42)33(26-10-6-4-7-11-26)27-12-8-5-9-13-27/h4-19,24,33H,20-23H2,1-3H3,(H,37,39,41). The number of aromatic nitrogens is 2. The maximum Gasteiger partial charge on any atom is 0.234 e. The summed E-state index contributed by atoms with van der Waals surface area (Å²) in [5.41, 5.74) is 3.63. The summed E-state index contributed by atoms with van der Waals surface area (Å²) >= 11 is 1.28. The number of hydrogen-bond donors (Lipinski definition) is 1. The molecule has 0 fully saturated rings. The van der Waals surface area contributed by atoms with Crippen molar-refractivity contribution in [3.05, 3.63) is 120 Å². The monoisotopic (exact) mass is 636 g/mol. The molecular weight excluding hydrogens is 600 g/mol. The third kappa shape index (κ3) is 8.08. The van der Waals surface area contributed by atoms with E-state index in [9.17, 15) is 9.59 Å². The van der Waals surface area contributed by atoms with Gasteiger partial charge in [0.05, 0.1) is 27.2 Å². The highest BCUT2D eigenvalue weighted by Crippen LogP contribution is 2.30. The molecule has 0 aliphatic rings. The molecule has 0 aliphatic carbocycles. The summed E-state index contributed by atoms with van der Waals surface area (Å²) in [5.74, 6) is 1.14. The van der Waals surface area contributed by atoms with Crippen LogP contribution in [0.3, 0.4) is 0 Å². The van der Waals surface area contributed by atoms with Crippen LogP contribution in [0.5, 0.6) is 17.2 Å². The highest BCUT2D eigenvalue weighted by molar-refractivity contribution is 7.18. The maximum absolute atomic E-state index is 14.4. The fourth-order valence-electron chi connectivity index (χ4n) is 5.13. The van der Waals surface area contributed by atoms with Gasteiger partial charge in [0, 0.05) is 25.1 Å². The molecule has 0 saturated carbocycles. The number of carbonyl (C=O) groups excluding carboxylic acids is 2. The first-order chi connectivity index (χ1) is 22.5. The lowest BCUT2D eigenvalue weighted by molar-refractivity contribution is -0.132. The van der Waals surface area contributed by atoms with Crippen LogP contribution in [0.15, 0.2) is 103 Å². The molecule has 1 aromatic heterocycles. The SMILES string of the molecule is COc1ccc(-c2nnc(NC(=O)CCN(CCc3ccc(OC)c(OC)c3)C(=O)C(c3ccccc3)c3ccccc3)s2)cc1. The summed E-state index contributed by atoms with van der Waals surface area (Å²) in [5, 5.41) is 12.3. The molecule has 1 heterocycles. The molecule has 5 aromatic rings. The molecule has 2 amide bonds. The average Bonchev–Trinajstić information content (AvgIpc) is 3.57. The Morgan fingerprint density at radius 1 is 0.761 bits per heavy atom. The topological polar surface area (TPSA) is 103 Å². The van der Waals surface area contributed by atoms with Crippen molar-refractivity contribution in [1.82, 2.24) is 15.1 Å². The van der Waals surface area contributed by atoms with Crippen LogP contribution < -0.4 is 19.5 Å². The molecule has 1 N–H and O–H groups in total. The lowest BCUT2D eigenvalue weighted by Crippen LogP contribution is -2.39. The van der Waals surface area contributed by atoms with Crippen LogP contribution >= 0.6 is 11.3 Å². The summed E-state index contributed by atoms with van der Waals surface area (Å²) in [4.78, 5) is 29.3. The minimum atomic E-state index is -0.522. The normalized spacial score (nSPS) is 10.8. The van der Waals surface area contributed by atoms with Gasteiger partial charge in [0.2, 0.25) is 16.9 Å². The van der Waals surface area contributed by atoms with Crippen LogP contribution in [-0.4, -0.2) is 61.3 Å². The molecule has 9 nitrogen and oxygen atoms in total. The lowest BCUT2D eigenvalue weighted by Gasteiger charge is -2.28. The van der Waals surface area contributed by atoms with Crippen LogP contribution in [0.25, 0.3) is 10.6 Å². The molecule has 0 saturated heterocycles. The largest absolute Gasteiger partial charge is 0.497 e. The van der Waals surface area contributed by atoms with Gasteiger partial charge in [-0.05, 0) is 59.5 Å². The van der Waals surface area contributed by atoms with Gasteiger partial charge in [0.1, 0.15) is 10.8 Å². The van der Waals surface area contributed by atoms with E-state index >= 15 is 0 Å². The third-order valence-electron chi connectivity index (χ3n) is 7.56. The number of benzene rings is 4. The minimum absolute atomic E-state index is 0.0802. The zero-order valence-corrected chi connectivity index (χ0v) is 26.8. The van der Waals surface area contributed by atoms with Crippen molar-refractivity contribution in [2.45, 2.75) is 18.8 Å². The van der Waals surface area contributed by atoms with Gasteiger partial charge >= 0.3 is 0 Å². The molecule has 5 rings (SSSR count). The molecule has 0 unspecified atom stereocenters. The Morgan fingerprint density at radius 2 is 1.41 bits per heavy atom. The number of nitrogens with zero attached hydrogens (tertiary/aromatic N) is 3. The van der Waals surface area contributed by atoms with Crippen molar-refractivity contribution in [3.8, 4) is 27.8 Å². The van der Waals surface area contributed by atoms with Gasteiger partial charge in [0.15, 0.2) is 11.5 Å². The number of ether oxygens (including phenoxy) is 3. The van der Waals surface area contributed by atoms with E-state index in [4.69, 9.17) is 14.2 Å². The van der Waals surface area contributed by atoms with Crippen molar-refractivity contribution in [2.24, 2.45) is 0 Å². The second-order valence-electron chi connectivity index (χ2n) is 10.5. The molecule has 46 heavy (non-hydrogen) atoms. The smallest absolute Gasteiger partial charge is 0.234 e. The Kier molecular flexibility index (Phi) is 11.0. The maximum atomic E-state index is 14.4. The van der Waals surface area contributed by atoms with Gasteiger partial charge in [0.25, 0.3) is 0 Å². The van der Waals surface area contributed by atoms with Crippen molar-refractivity contribution in [2.75, 3.05) is 39.7 Å². The van der Waals surface area contributed by atoms with Crippen LogP contribution in [0.1, 0.15) is 29.0 Å². The van der Waals surface area contributed by atoms with E-state index in [1.165, 1.54) is 11.3 Å². The second-order valence-corrected chi connectivity index (χ2v) is 11.4. The Bertz CT molecular complexity index is 1690. The van der Waals surface area contributed by atoms with Gasteiger partial charge in [-0.1, -0.05) is 78.1 Å². The Balaban J connectivity index is 1.33. The van der Waals surface area contributed by atoms with Crippen LogP contribution in [0, 0.1) is 0 Å². The van der Waals surface area contributed by atoms with Crippen molar-refractivity contribution < 1.29 is 23.8 Å². The highest BCUT2D eigenvalue weighted by atomic mass is 32.1. The fraction of sp³-hybridized carbons (Fsp3) is 0.222. The van der Waals surface area contributed by atoms with E-state index in [-0.39, 0.29) is 24.8 Å². The van der Waals surface area contributed by atoms with Crippen molar-refractivity contribution in [3.63, 3.8) is 0 Å². The van der Waals surface area contributed by atoms with E-state index in [1.807, 2.05) is 103 Å². The molecule has 0 atom stereocenters. The van der Waals surface area contributed by atoms with Crippen molar-refractivity contribution in [1.29, 1.82) is 0 Å². The third-order valence-corrected chi connectivity index (χ3v) is 8.45. The van der Waals surface area contributed by atoms with Crippen molar-refractivity contribution >= 4 is 28.3 Å². The number of methoxy groups -OCH3 is 3. The number of anilines is 1. The summed E-state index contributed by atoms with van der Waals surface area (Å²) < 4.78 is 16.1. The van der Waals surface area contributed by atoms with E-state index in [1.54, 1.807) is 26.2 Å². The molecule has 236 valence electrons. The number of carbonyl (C=O) groups is 2. The molecule has 0 radical (unpaired) electrons. The van der Waals surface area contributed by atoms with Gasteiger partial charge in [-0.15, -0.1) is 10.2 Å². The van der Waals surface area contributed by atoms with E-state index in [0.717, 1.165) is 28.0 Å². The fourth-order valence-corrected chi connectivity index (χ4v) is 5.89. The summed E-state index contributed by atoms with van der Waals surface area (Å²) in [6.07, 6.45) is 0.650. The molecule has 4 aromatic carbocycles. The zero-order chi connectivity index (χ0) is 32.3. The van der Waals surface area contributed by atoms with Gasteiger partial charge < -0.3 is 24.4 Å². The minimum Gasteiger partial charge on any atom is -0.497 e. The quantitative estimate of drug-likeness (QED) is 0.149.